The number of halogens is 4. The van der Waals surface area contributed by atoms with Gasteiger partial charge in [-0.1, -0.05) is 0 Å². The van der Waals surface area contributed by atoms with Gasteiger partial charge in [-0.3, -0.25) is 4.79 Å². The van der Waals surface area contributed by atoms with Crippen LogP contribution >= 0.6 is 0 Å². The molecule has 0 saturated carbocycles. The van der Waals surface area contributed by atoms with Gasteiger partial charge in [0, 0.05) is 12.6 Å². The van der Waals surface area contributed by atoms with Crippen molar-refractivity contribution in [3.63, 3.8) is 0 Å². The van der Waals surface area contributed by atoms with E-state index in [0.717, 1.165) is 19.5 Å². The standard InChI is InChI=1S/C13H14F4N2O/c14-8-5-9(15)12(17)10(11(8)16)13(20)19-4-2-7-1-3-18-6-7/h5,7,18H,1-4,6H2,(H,19,20). The Morgan fingerprint density at radius 1 is 1.25 bits per heavy atom. The first-order valence-electron chi connectivity index (χ1n) is 6.32. The van der Waals surface area contributed by atoms with Crippen LogP contribution in [0.15, 0.2) is 6.07 Å². The summed E-state index contributed by atoms with van der Waals surface area (Å²) in [4.78, 5) is 11.6. The third-order valence-corrected chi connectivity index (χ3v) is 3.34. The summed E-state index contributed by atoms with van der Waals surface area (Å²) in [5, 5.41) is 5.43. The molecule has 1 aromatic rings. The molecule has 20 heavy (non-hydrogen) atoms. The highest BCUT2D eigenvalue weighted by atomic mass is 19.2. The number of amides is 1. The molecule has 1 saturated heterocycles. The Morgan fingerprint density at radius 3 is 2.45 bits per heavy atom. The van der Waals surface area contributed by atoms with Crippen molar-refractivity contribution in [3.05, 3.63) is 34.9 Å². The van der Waals surface area contributed by atoms with Gasteiger partial charge in [-0.25, -0.2) is 17.6 Å². The van der Waals surface area contributed by atoms with Crippen molar-refractivity contribution in [1.82, 2.24) is 10.6 Å². The molecule has 1 heterocycles. The van der Waals surface area contributed by atoms with E-state index in [-0.39, 0.29) is 12.6 Å². The number of hydrogen-bond donors (Lipinski definition) is 2. The minimum atomic E-state index is -1.68. The van der Waals surface area contributed by atoms with Gasteiger partial charge in [0.05, 0.1) is 0 Å². The first-order chi connectivity index (χ1) is 9.50. The Hall–Kier alpha value is -1.63. The van der Waals surface area contributed by atoms with Crippen LogP contribution in [0, 0.1) is 29.2 Å². The van der Waals surface area contributed by atoms with Crippen molar-refractivity contribution in [2.24, 2.45) is 5.92 Å². The van der Waals surface area contributed by atoms with Gasteiger partial charge in [-0.05, 0) is 31.8 Å². The second kappa shape index (κ2) is 6.21. The van der Waals surface area contributed by atoms with Crippen molar-refractivity contribution >= 4 is 5.91 Å². The van der Waals surface area contributed by atoms with E-state index in [1.54, 1.807) is 0 Å². The fraction of sp³-hybridized carbons (Fsp3) is 0.462. The molecule has 1 atom stereocenters. The maximum absolute atomic E-state index is 13.4. The highest BCUT2D eigenvalue weighted by Crippen LogP contribution is 2.19. The summed E-state index contributed by atoms with van der Waals surface area (Å²) in [6.07, 6.45) is 1.60. The van der Waals surface area contributed by atoms with E-state index in [2.05, 4.69) is 10.6 Å². The normalized spacial score (nSPS) is 18.3. The number of carbonyl (C=O) groups excluding carboxylic acids is 1. The fourth-order valence-corrected chi connectivity index (χ4v) is 2.21. The minimum Gasteiger partial charge on any atom is -0.352 e. The molecule has 0 aliphatic carbocycles. The third-order valence-electron chi connectivity index (χ3n) is 3.34. The van der Waals surface area contributed by atoms with Crippen LogP contribution in [0.1, 0.15) is 23.2 Å². The molecule has 1 amide bonds. The van der Waals surface area contributed by atoms with Crippen molar-refractivity contribution in [1.29, 1.82) is 0 Å². The van der Waals surface area contributed by atoms with E-state index in [0.29, 0.717) is 12.3 Å². The largest absolute Gasteiger partial charge is 0.352 e. The molecular weight excluding hydrogens is 276 g/mol. The number of carbonyl (C=O) groups is 1. The molecule has 0 bridgehead atoms. The molecule has 2 N–H and O–H groups in total. The molecule has 1 fully saturated rings. The third kappa shape index (κ3) is 3.09. The zero-order valence-electron chi connectivity index (χ0n) is 10.6. The van der Waals surface area contributed by atoms with Crippen molar-refractivity contribution in [3.8, 4) is 0 Å². The molecule has 0 radical (unpaired) electrons. The average Bonchev–Trinajstić information content (AvgIpc) is 2.90. The smallest absolute Gasteiger partial charge is 0.257 e. The van der Waals surface area contributed by atoms with Gasteiger partial charge < -0.3 is 10.6 Å². The van der Waals surface area contributed by atoms with Crippen LogP contribution in [0.25, 0.3) is 0 Å². The van der Waals surface area contributed by atoms with Gasteiger partial charge in [0.2, 0.25) is 0 Å². The van der Waals surface area contributed by atoms with Crippen LogP contribution in [-0.4, -0.2) is 25.5 Å². The number of rotatable bonds is 4. The van der Waals surface area contributed by atoms with Crippen LogP contribution in [0.5, 0.6) is 0 Å². The van der Waals surface area contributed by atoms with Gasteiger partial charge in [0.1, 0.15) is 5.56 Å². The number of benzene rings is 1. The second-order valence-corrected chi connectivity index (χ2v) is 4.75. The lowest BCUT2D eigenvalue weighted by molar-refractivity contribution is 0.0940. The quantitative estimate of drug-likeness (QED) is 0.657. The Balaban J connectivity index is 2.01. The molecule has 1 aliphatic heterocycles. The van der Waals surface area contributed by atoms with Gasteiger partial charge in [0.25, 0.3) is 5.91 Å². The Morgan fingerprint density at radius 2 is 1.90 bits per heavy atom. The van der Waals surface area contributed by atoms with Crippen LogP contribution in [0.3, 0.4) is 0 Å². The molecule has 110 valence electrons. The highest BCUT2D eigenvalue weighted by Gasteiger charge is 2.24. The molecule has 1 aromatic carbocycles. The molecule has 1 aliphatic rings. The molecule has 2 rings (SSSR count). The SMILES string of the molecule is O=C(NCCC1CCNC1)c1c(F)c(F)cc(F)c1F. The summed E-state index contributed by atoms with van der Waals surface area (Å²) in [7, 11) is 0. The lowest BCUT2D eigenvalue weighted by Crippen LogP contribution is -2.28. The second-order valence-electron chi connectivity index (χ2n) is 4.75. The van der Waals surface area contributed by atoms with Gasteiger partial charge >= 0.3 is 0 Å². The lowest BCUT2D eigenvalue weighted by atomic mass is 10.1. The zero-order chi connectivity index (χ0) is 14.7. The highest BCUT2D eigenvalue weighted by molar-refractivity contribution is 5.94. The monoisotopic (exact) mass is 290 g/mol. The maximum atomic E-state index is 13.4. The molecule has 0 aromatic heterocycles. The van der Waals surface area contributed by atoms with Crippen LogP contribution in [-0.2, 0) is 0 Å². The summed E-state index contributed by atoms with van der Waals surface area (Å²) in [6.45, 7) is 1.92. The topological polar surface area (TPSA) is 41.1 Å². The Bertz CT molecular complexity index is 489. The first-order valence-corrected chi connectivity index (χ1v) is 6.32. The number of hydrogen-bond acceptors (Lipinski definition) is 2. The van der Waals surface area contributed by atoms with Crippen molar-refractivity contribution in [2.75, 3.05) is 19.6 Å². The summed E-state index contributed by atoms with van der Waals surface area (Å²) >= 11 is 0. The van der Waals surface area contributed by atoms with Gasteiger partial charge in [-0.2, -0.15) is 0 Å². The number of nitrogens with one attached hydrogen (secondary N) is 2. The van der Waals surface area contributed by atoms with Gasteiger partial charge in [-0.15, -0.1) is 0 Å². The first kappa shape index (κ1) is 14.8. The van der Waals surface area contributed by atoms with Crippen molar-refractivity contribution < 1.29 is 22.4 Å². The summed E-state index contributed by atoms with van der Waals surface area (Å²) in [5.74, 6) is -7.30. The van der Waals surface area contributed by atoms with E-state index in [4.69, 9.17) is 0 Å². The molecule has 7 heteroatoms. The predicted octanol–water partition coefficient (Wildman–Crippen LogP) is 1.97. The molecule has 1 unspecified atom stereocenters. The van der Waals surface area contributed by atoms with E-state index >= 15 is 0 Å². The Labute approximate surface area is 113 Å². The molecule has 3 nitrogen and oxygen atoms in total. The predicted molar refractivity (Wildman–Crippen MR) is 64.2 cm³/mol. The zero-order valence-corrected chi connectivity index (χ0v) is 10.6. The summed E-state index contributed by atoms with van der Waals surface area (Å²) < 4.78 is 52.7. The van der Waals surface area contributed by atoms with Gasteiger partial charge in [0.15, 0.2) is 23.3 Å². The van der Waals surface area contributed by atoms with Crippen LogP contribution in [0.4, 0.5) is 17.6 Å². The van der Waals surface area contributed by atoms with Crippen LogP contribution < -0.4 is 10.6 Å². The lowest BCUT2D eigenvalue weighted by Gasteiger charge is -2.10. The molecule has 0 spiro atoms. The van der Waals surface area contributed by atoms with Crippen molar-refractivity contribution in [2.45, 2.75) is 12.8 Å². The van der Waals surface area contributed by atoms with E-state index in [1.165, 1.54) is 0 Å². The molecular formula is C13H14F4N2O. The average molecular weight is 290 g/mol. The van der Waals surface area contributed by atoms with E-state index < -0.39 is 34.7 Å². The van der Waals surface area contributed by atoms with Crippen LogP contribution in [0.2, 0.25) is 0 Å². The van der Waals surface area contributed by atoms with E-state index in [9.17, 15) is 22.4 Å². The summed E-state index contributed by atoms with van der Waals surface area (Å²) in [6, 6.07) is 0.0750. The Kier molecular flexibility index (Phi) is 4.59. The maximum Gasteiger partial charge on any atom is 0.257 e. The fourth-order valence-electron chi connectivity index (χ4n) is 2.21. The summed E-state index contributed by atoms with van der Waals surface area (Å²) in [5.41, 5.74) is -1.22. The minimum absolute atomic E-state index is 0.0750. The van der Waals surface area contributed by atoms with E-state index in [1.807, 2.05) is 0 Å².